The van der Waals surface area contributed by atoms with E-state index in [1.807, 2.05) is 0 Å². The van der Waals surface area contributed by atoms with Gasteiger partial charge in [-0.05, 0) is 5.39 Å². The van der Waals surface area contributed by atoms with Crippen LogP contribution in [0.2, 0.25) is 0 Å². The first kappa shape index (κ1) is 8.74. The second-order valence-electron chi connectivity index (χ2n) is 2.76. The third-order valence-corrected chi connectivity index (χ3v) is 1.94. The number of hydrogen-bond donors (Lipinski definition) is 0. The molecule has 2 rings (SSSR count). The molecule has 0 aliphatic rings. The predicted octanol–water partition coefficient (Wildman–Crippen LogP) is 1.92. The zero-order chi connectivity index (χ0) is 9.97. The topological polar surface area (TPSA) is 35.7 Å². The predicted molar refractivity (Wildman–Crippen MR) is 51.8 cm³/mol. The van der Waals surface area contributed by atoms with Gasteiger partial charge in [-0.25, -0.2) is 4.39 Å². The van der Waals surface area contributed by atoms with E-state index in [1.165, 1.54) is 13.3 Å². The van der Waals surface area contributed by atoms with Gasteiger partial charge >= 0.3 is 0 Å². The smallest absolute Gasteiger partial charge is 0.138 e. The van der Waals surface area contributed by atoms with Crippen LogP contribution >= 0.6 is 0 Å². The largest absolute Gasteiger partial charge is 0.664 e. The highest BCUT2D eigenvalue weighted by Crippen LogP contribution is 2.18. The molecule has 0 radical (unpaired) electrons. The third-order valence-electron chi connectivity index (χ3n) is 1.94. The molecule has 4 heteroatoms. The zero-order valence-electron chi connectivity index (χ0n) is 7.57. The van der Waals surface area contributed by atoms with Crippen LogP contribution in [0.3, 0.4) is 0 Å². The molecule has 0 aliphatic carbocycles. The van der Waals surface area contributed by atoms with Crippen molar-refractivity contribution >= 4 is 17.1 Å². The standard InChI is InChI=1S/C10H8FN2O/c1-14-13-6-7-2-3-9-8(10(7)11)4-5-12-9/h2-6H,1H3/q-1/b13-6+. The summed E-state index contributed by atoms with van der Waals surface area (Å²) < 4.78 is 13.6. The van der Waals surface area contributed by atoms with Crippen molar-refractivity contribution in [1.29, 1.82) is 0 Å². The molecule has 1 heterocycles. The van der Waals surface area contributed by atoms with E-state index in [9.17, 15) is 4.39 Å². The maximum absolute atomic E-state index is 13.6. The summed E-state index contributed by atoms with van der Waals surface area (Å²) >= 11 is 0. The van der Waals surface area contributed by atoms with Gasteiger partial charge in [0.05, 0.1) is 6.21 Å². The van der Waals surface area contributed by atoms with Gasteiger partial charge in [0.25, 0.3) is 0 Å². The first-order valence-corrected chi connectivity index (χ1v) is 4.09. The van der Waals surface area contributed by atoms with E-state index < -0.39 is 0 Å². The molecule has 72 valence electrons. The summed E-state index contributed by atoms with van der Waals surface area (Å²) in [5.74, 6) is -0.319. The normalized spacial score (nSPS) is 11.3. The molecule has 0 spiro atoms. The summed E-state index contributed by atoms with van der Waals surface area (Å²) in [6.07, 6.45) is 2.91. The van der Waals surface area contributed by atoms with Crippen molar-refractivity contribution in [2.75, 3.05) is 7.11 Å². The van der Waals surface area contributed by atoms with Gasteiger partial charge in [0, 0.05) is 5.56 Å². The molecule has 0 N–H and O–H groups in total. The number of nitrogens with zero attached hydrogens (tertiary/aromatic N) is 2. The summed E-state index contributed by atoms with van der Waals surface area (Å²) in [4.78, 5) is 8.47. The number of aromatic nitrogens is 1. The molecule has 0 aliphatic heterocycles. The van der Waals surface area contributed by atoms with Gasteiger partial charge < -0.3 is 9.82 Å². The van der Waals surface area contributed by atoms with Gasteiger partial charge in [-0.3, -0.25) is 0 Å². The van der Waals surface area contributed by atoms with E-state index in [0.29, 0.717) is 16.5 Å². The summed E-state index contributed by atoms with van der Waals surface area (Å²) in [5, 5.41) is 4.01. The number of rotatable bonds is 2. The summed E-state index contributed by atoms with van der Waals surface area (Å²) in [5.41, 5.74) is 1.05. The first-order valence-electron chi connectivity index (χ1n) is 4.09. The number of hydrogen-bond acceptors (Lipinski definition) is 2. The van der Waals surface area contributed by atoms with E-state index in [2.05, 4.69) is 15.0 Å². The first-order chi connectivity index (χ1) is 6.83. The summed E-state index contributed by atoms with van der Waals surface area (Å²) in [6, 6.07) is 5.00. The molecular weight excluding hydrogens is 183 g/mol. The van der Waals surface area contributed by atoms with Gasteiger partial charge in [-0.1, -0.05) is 23.4 Å². The Bertz CT molecular complexity index is 476. The van der Waals surface area contributed by atoms with Crippen LogP contribution in [-0.4, -0.2) is 13.3 Å². The number of benzene rings is 1. The average Bonchev–Trinajstić information content (AvgIpc) is 2.66. The highest BCUT2D eigenvalue weighted by molar-refractivity contribution is 5.89. The lowest BCUT2D eigenvalue weighted by Crippen LogP contribution is -1.89. The molecule has 0 bridgehead atoms. The Balaban J connectivity index is 2.56. The van der Waals surface area contributed by atoms with Crippen molar-refractivity contribution in [1.82, 2.24) is 4.98 Å². The minimum absolute atomic E-state index is 0.319. The quantitative estimate of drug-likeness (QED) is 0.537. The van der Waals surface area contributed by atoms with Crippen LogP contribution in [-0.2, 0) is 4.84 Å². The van der Waals surface area contributed by atoms with Crippen LogP contribution in [0.15, 0.2) is 29.6 Å². The maximum atomic E-state index is 13.6. The Morgan fingerprint density at radius 2 is 2.29 bits per heavy atom. The van der Waals surface area contributed by atoms with Crippen molar-refractivity contribution < 1.29 is 9.23 Å². The third kappa shape index (κ3) is 1.35. The van der Waals surface area contributed by atoms with E-state index in [-0.39, 0.29) is 5.82 Å². The van der Waals surface area contributed by atoms with Gasteiger partial charge in [0.1, 0.15) is 12.9 Å². The number of oxime groups is 1. The molecule has 0 saturated heterocycles. The second-order valence-corrected chi connectivity index (χ2v) is 2.76. The number of halogens is 1. The Hall–Kier alpha value is -1.84. The Labute approximate surface area is 80.2 Å². The fraction of sp³-hybridized carbons (Fsp3) is 0.100. The molecular formula is C10H8FN2O-. The van der Waals surface area contributed by atoms with Gasteiger partial charge in [-0.2, -0.15) is 6.20 Å². The fourth-order valence-corrected chi connectivity index (χ4v) is 1.27. The molecule has 0 atom stereocenters. The molecule has 0 unspecified atom stereocenters. The molecule has 0 saturated carbocycles. The van der Waals surface area contributed by atoms with Gasteiger partial charge in [0.15, 0.2) is 0 Å². The monoisotopic (exact) mass is 191 g/mol. The second kappa shape index (κ2) is 3.49. The van der Waals surface area contributed by atoms with Crippen LogP contribution in [0.25, 0.3) is 10.9 Å². The van der Waals surface area contributed by atoms with Crippen molar-refractivity contribution in [2.45, 2.75) is 0 Å². The van der Waals surface area contributed by atoms with E-state index >= 15 is 0 Å². The summed E-state index contributed by atoms with van der Waals surface area (Å²) in [7, 11) is 1.41. The van der Waals surface area contributed by atoms with Crippen LogP contribution in [0.1, 0.15) is 5.56 Å². The SMILES string of the molecule is CO/N=C/c1ccc2[n-]ccc2c1F. The van der Waals surface area contributed by atoms with Crippen LogP contribution in [0, 0.1) is 5.82 Å². The molecule has 0 amide bonds. The molecule has 0 fully saturated rings. The molecule has 14 heavy (non-hydrogen) atoms. The van der Waals surface area contributed by atoms with Crippen LogP contribution in [0.5, 0.6) is 0 Å². The molecule has 3 nitrogen and oxygen atoms in total. The van der Waals surface area contributed by atoms with Crippen molar-refractivity contribution in [3.63, 3.8) is 0 Å². The fourth-order valence-electron chi connectivity index (χ4n) is 1.27. The van der Waals surface area contributed by atoms with Crippen LogP contribution in [0.4, 0.5) is 4.39 Å². The van der Waals surface area contributed by atoms with E-state index in [4.69, 9.17) is 0 Å². The highest BCUT2D eigenvalue weighted by atomic mass is 19.1. The lowest BCUT2D eigenvalue weighted by Gasteiger charge is -2.02. The lowest BCUT2D eigenvalue weighted by atomic mass is 10.1. The molecule has 1 aromatic carbocycles. The Kier molecular flexibility index (Phi) is 2.18. The van der Waals surface area contributed by atoms with Crippen LogP contribution < -0.4 is 4.98 Å². The maximum Gasteiger partial charge on any atom is 0.138 e. The number of fused-ring (bicyclic) bond motifs is 1. The zero-order valence-corrected chi connectivity index (χ0v) is 7.57. The minimum atomic E-state index is -0.319. The van der Waals surface area contributed by atoms with Gasteiger partial charge in [0.2, 0.25) is 0 Å². The summed E-state index contributed by atoms with van der Waals surface area (Å²) in [6.45, 7) is 0. The van der Waals surface area contributed by atoms with Crippen molar-refractivity contribution in [3.8, 4) is 0 Å². The lowest BCUT2D eigenvalue weighted by molar-refractivity contribution is 0.215. The molecule has 1 aromatic heterocycles. The Morgan fingerprint density at radius 3 is 3.07 bits per heavy atom. The highest BCUT2D eigenvalue weighted by Gasteiger charge is 2.01. The Morgan fingerprint density at radius 1 is 1.43 bits per heavy atom. The van der Waals surface area contributed by atoms with E-state index in [0.717, 1.165) is 0 Å². The van der Waals surface area contributed by atoms with Crippen molar-refractivity contribution in [3.05, 3.63) is 35.8 Å². The molecule has 2 aromatic rings. The van der Waals surface area contributed by atoms with Gasteiger partial charge in [-0.15, -0.1) is 5.52 Å². The average molecular weight is 191 g/mol. The van der Waals surface area contributed by atoms with E-state index in [1.54, 1.807) is 24.4 Å². The minimum Gasteiger partial charge on any atom is -0.664 e. The van der Waals surface area contributed by atoms with Crippen molar-refractivity contribution in [2.24, 2.45) is 5.16 Å².